The molecule has 0 spiro atoms. The summed E-state index contributed by atoms with van der Waals surface area (Å²) in [6.07, 6.45) is -0.331. The molecule has 0 aromatic heterocycles. The molecule has 0 aromatic carbocycles. The van der Waals surface area contributed by atoms with Crippen molar-refractivity contribution in [3.05, 3.63) is 0 Å². The highest BCUT2D eigenvalue weighted by Crippen LogP contribution is 2.22. The minimum Gasteiger partial charge on any atom is -0.444 e. The summed E-state index contributed by atoms with van der Waals surface area (Å²) < 4.78 is 5.30. The highest BCUT2D eigenvalue weighted by Gasteiger charge is 2.38. The van der Waals surface area contributed by atoms with Crippen LogP contribution in [0.25, 0.3) is 0 Å². The van der Waals surface area contributed by atoms with Crippen molar-refractivity contribution in [1.82, 2.24) is 9.80 Å². The Morgan fingerprint density at radius 2 is 2.00 bits per heavy atom. The number of amides is 1. The van der Waals surface area contributed by atoms with Crippen LogP contribution in [0.3, 0.4) is 0 Å². The van der Waals surface area contributed by atoms with Crippen molar-refractivity contribution in [2.45, 2.75) is 32.4 Å². The van der Waals surface area contributed by atoms with Gasteiger partial charge >= 0.3 is 6.09 Å². The molecule has 0 radical (unpaired) electrons. The lowest BCUT2D eigenvalue weighted by molar-refractivity contribution is 0.0283. The fraction of sp³-hybridized carbons (Fsp3) is 0.833. The number of carbonyl (C=O) groups excluding carboxylic acids is 1. The van der Waals surface area contributed by atoms with Gasteiger partial charge in [0.2, 0.25) is 0 Å². The van der Waals surface area contributed by atoms with Crippen LogP contribution in [0.15, 0.2) is 0 Å². The molecule has 0 saturated carbocycles. The van der Waals surface area contributed by atoms with Crippen LogP contribution in [0, 0.1) is 17.2 Å². The fourth-order valence-electron chi connectivity index (χ4n) is 1.91. The zero-order valence-corrected chi connectivity index (χ0v) is 11.2. The molecule has 5 nitrogen and oxygen atoms in total. The van der Waals surface area contributed by atoms with Gasteiger partial charge in [-0.1, -0.05) is 0 Å². The van der Waals surface area contributed by atoms with Crippen LogP contribution in [0.2, 0.25) is 0 Å². The maximum Gasteiger partial charge on any atom is 0.410 e. The lowest BCUT2D eigenvalue weighted by Gasteiger charge is -2.25. The number of likely N-dealkylation sites (tertiary alicyclic amines) is 1. The highest BCUT2D eigenvalue weighted by molar-refractivity contribution is 5.68. The van der Waals surface area contributed by atoms with E-state index in [9.17, 15) is 4.79 Å². The van der Waals surface area contributed by atoms with Gasteiger partial charge in [0.05, 0.1) is 12.0 Å². The van der Waals surface area contributed by atoms with Gasteiger partial charge in [-0.2, -0.15) is 5.26 Å². The number of hydrogen-bond acceptors (Lipinski definition) is 4. The topological polar surface area (TPSA) is 56.6 Å². The van der Waals surface area contributed by atoms with Crippen molar-refractivity contribution in [3.8, 4) is 6.07 Å². The first-order valence-corrected chi connectivity index (χ1v) is 5.78. The van der Waals surface area contributed by atoms with Crippen LogP contribution in [0.5, 0.6) is 0 Å². The Balaban J connectivity index is 2.65. The van der Waals surface area contributed by atoms with Crippen molar-refractivity contribution < 1.29 is 9.53 Å². The molecule has 2 atom stereocenters. The van der Waals surface area contributed by atoms with Crippen molar-refractivity contribution >= 4 is 6.09 Å². The van der Waals surface area contributed by atoms with Gasteiger partial charge in [0, 0.05) is 19.1 Å². The molecule has 1 fully saturated rings. The SMILES string of the molecule is CN(C)C1CN(C(=O)OC(C)(C)C)CC1C#N. The van der Waals surface area contributed by atoms with E-state index in [2.05, 4.69) is 6.07 Å². The van der Waals surface area contributed by atoms with Crippen molar-refractivity contribution in [2.24, 2.45) is 5.92 Å². The minimum absolute atomic E-state index is 0.0903. The standard InChI is InChI=1S/C12H21N3O2/c1-12(2,3)17-11(16)15-7-9(6-13)10(8-15)14(4)5/h9-10H,7-8H2,1-5H3. The molecule has 0 aliphatic carbocycles. The van der Waals surface area contributed by atoms with E-state index >= 15 is 0 Å². The number of ether oxygens (including phenoxy) is 1. The van der Waals surface area contributed by atoms with Gasteiger partial charge in [-0.3, -0.25) is 0 Å². The molecule has 0 aromatic rings. The first kappa shape index (κ1) is 13.8. The Morgan fingerprint density at radius 1 is 1.41 bits per heavy atom. The Bertz CT molecular complexity index is 328. The van der Waals surface area contributed by atoms with Gasteiger partial charge in [-0.05, 0) is 34.9 Å². The normalized spacial score (nSPS) is 24.9. The maximum absolute atomic E-state index is 11.9. The van der Waals surface area contributed by atoms with Crippen LogP contribution in [0.4, 0.5) is 4.79 Å². The predicted molar refractivity (Wildman–Crippen MR) is 64.4 cm³/mol. The summed E-state index contributed by atoms with van der Waals surface area (Å²) in [6.45, 7) is 6.53. The van der Waals surface area contributed by atoms with Crippen LogP contribution >= 0.6 is 0 Å². The molecule has 96 valence electrons. The van der Waals surface area contributed by atoms with Crippen LogP contribution in [-0.2, 0) is 4.74 Å². The van der Waals surface area contributed by atoms with Gasteiger partial charge in [0.15, 0.2) is 0 Å². The second kappa shape index (κ2) is 4.92. The summed E-state index contributed by atoms with van der Waals surface area (Å²) in [4.78, 5) is 15.5. The average molecular weight is 239 g/mol. The molecule has 1 amide bonds. The lowest BCUT2D eigenvalue weighted by atomic mass is 10.1. The van der Waals surface area contributed by atoms with E-state index in [1.165, 1.54) is 0 Å². The van der Waals surface area contributed by atoms with E-state index in [4.69, 9.17) is 10.00 Å². The van der Waals surface area contributed by atoms with E-state index in [-0.39, 0.29) is 18.1 Å². The van der Waals surface area contributed by atoms with Crippen molar-refractivity contribution in [1.29, 1.82) is 5.26 Å². The molecule has 0 N–H and O–H groups in total. The van der Waals surface area contributed by atoms with Gasteiger partial charge in [-0.25, -0.2) is 4.79 Å². The van der Waals surface area contributed by atoms with Gasteiger partial charge in [-0.15, -0.1) is 0 Å². The van der Waals surface area contributed by atoms with E-state index < -0.39 is 5.60 Å². The van der Waals surface area contributed by atoms with Gasteiger partial charge < -0.3 is 14.5 Å². The second-order valence-corrected chi connectivity index (χ2v) is 5.65. The van der Waals surface area contributed by atoms with Crippen molar-refractivity contribution in [2.75, 3.05) is 27.2 Å². The van der Waals surface area contributed by atoms with E-state index in [0.717, 1.165) is 0 Å². The molecule has 2 unspecified atom stereocenters. The van der Waals surface area contributed by atoms with E-state index in [1.54, 1.807) is 4.90 Å². The fourth-order valence-corrected chi connectivity index (χ4v) is 1.91. The highest BCUT2D eigenvalue weighted by atomic mass is 16.6. The summed E-state index contributed by atoms with van der Waals surface area (Å²) in [5, 5.41) is 9.06. The largest absolute Gasteiger partial charge is 0.444 e. The molecule has 1 heterocycles. The Kier molecular flexibility index (Phi) is 3.99. The molecule has 1 saturated heterocycles. The summed E-state index contributed by atoms with van der Waals surface area (Å²) in [5.74, 6) is -0.141. The number of rotatable bonds is 1. The van der Waals surface area contributed by atoms with Crippen LogP contribution in [0.1, 0.15) is 20.8 Å². The van der Waals surface area contributed by atoms with Crippen molar-refractivity contribution in [3.63, 3.8) is 0 Å². The smallest absolute Gasteiger partial charge is 0.410 e. The lowest BCUT2D eigenvalue weighted by Crippen LogP contribution is -2.38. The predicted octanol–water partition coefficient (Wildman–Crippen LogP) is 1.31. The van der Waals surface area contributed by atoms with E-state index in [1.807, 2.05) is 39.8 Å². The molecule has 17 heavy (non-hydrogen) atoms. The van der Waals surface area contributed by atoms with E-state index in [0.29, 0.717) is 13.1 Å². The quantitative estimate of drug-likeness (QED) is 0.692. The Morgan fingerprint density at radius 3 is 2.35 bits per heavy atom. The summed E-state index contributed by atoms with van der Waals surface area (Å²) in [6, 6.07) is 2.34. The summed E-state index contributed by atoms with van der Waals surface area (Å²) in [7, 11) is 3.85. The Labute approximate surface area is 103 Å². The third-order valence-electron chi connectivity index (χ3n) is 2.77. The second-order valence-electron chi connectivity index (χ2n) is 5.65. The van der Waals surface area contributed by atoms with Gasteiger partial charge in [0.25, 0.3) is 0 Å². The zero-order valence-electron chi connectivity index (χ0n) is 11.2. The van der Waals surface area contributed by atoms with Crippen LogP contribution in [-0.4, -0.2) is 54.7 Å². The first-order chi connectivity index (χ1) is 7.74. The first-order valence-electron chi connectivity index (χ1n) is 5.78. The number of nitrogens with zero attached hydrogens (tertiary/aromatic N) is 3. The molecular formula is C12H21N3O2. The number of carbonyl (C=O) groups is 1. The molecule has 1 aliphatic heterocycles. The van der Waals surface area contributed by atoms with Gasteiger partial charge in [0.1, 0.15) is 5.60 Å². The maximum atomic E-state index is 11.9. The molecular weight excluding hydrogens is 218 g/mol. The average Bonchev–Trinajstić information content (AvgIpc) is 2.58. The third kappa shape index (κ3) is 3.60. The zero-order chi connectivity index (χ0) is 13.2. The number of nitriles is 1. The summed E-state index contributed by atoms with van der Waals surface area (Å²) in [5.41, 5.74) is -0.491. The minimum atomic E-state index is -0.491. The molecule has 0 bridgehead atoms. The Hall–Kier alpha value is -1.28. The molecule has 1 rings (SSSR count). The molecule has 1 aliphatic rings. The number of hydrogen-bond donors (Lipinski definition) is 0. The number of likely N-dealkylation sites (N-methyl/N-ethyl adjacent to an activating group) is 1. The summed E-state index contributed by atoms with van der Waals surface area (Å²) >= 11 is 0. The molecule has 5 heteroatoms. The third-order valence-corrected chi connectivity index (χ3v) is 2.77. The monoisotopic (exact) mass is 239 g/mol. The van der Waals surface area contributed by atoms with Crippen LogP contribution < -0.4 is 0 Å².